The topological polar surface area (TPSA) is 49.8 Å². The third-order valence-electron chi connectivity index (χ3n) is 3.21. The number of hydrogen-bond donors (Lipinski definition) is 2. The van der Waals surface area contributed by atoms with Gasteiger partial charge in [0.1, 0.15) is 0 Å². The van der Waals surface area contributed by atoms with Gasteiger partial charge in [-0.15, -0.1) is 11.3 Å². The smallest absolute Gasteiger partial charge is 0.352 e. The van der Waals surface area contributed by atoms with E-state index in [1.165, 1.54) is 23.5 Å². The molecule has 0 amide bonds. The number of thiophene rings is 1. The number of aromatic nitrogens is 2. The van der Waals surface area contributed by atoms with Crippen LogP contribution >= 0.6 is 11.3 Å². The standard InChI is InChI=1S/C16H15F3N4S/c1-9(2)20-15-22-12-7-8-24-13(12)14(23-15)21-11-6-4-3-5-10(11)16(17,18)19/h3-9H,1-2H3,(H2,20,21,22,23). The number of fused-ring (bicyclic) bond motifs is 1. The van der Waals surface area contributed by atoms with Crippen LogP contribution in [0.3, 0.4) is 0 Å². The second kappa shape index (κ2) is 6.27. The predicted octanol–water partition coefficient (Wildman–Crippen LogP) is 5.27. The predicted molar refractivity (Wildman–Crippen MR) is 90.9 cm³/mol. The molecule has 3 rings (SSSR count). The minimum atomic E-state index is -4.44. The Hall–Kier alpha value is -2.35. The first-order valence-corrected chi connectivity index (χ1v) is 8.17. The minimum absolute atomic E-state index is 0.0334. The molecule has 0 spiro atoms. The summed E-state index contributed by atoms with van der Waals surface area (Å²) in [6.45, 7) is 3.88. The highest BCUT2D eigenvalue weighted by Gasteiger charge is 2.33. The van der Waals surface area contributed by atoms with E-state index in [1.807, 2.05) is 25.3 Å². The van der Waals surface area contributed by atoms with E-state index < -0.39 is 11.7 Å². The Bertz CT molecular complexity index is 858. The first kappa shape index (κ1) is 16.5. The van der Waals surface area contributed by atoms with Gasteiger partial charge in [0.05, 0.1) is 21.5 Å². The Balaban J connectivity index is 2.06. The highest BCUT2D eigenvalue weighted by atomic mass is 32.1. The van der Waals surface area contributed by atoms with Crippen LogP contribution in [0.15, 0.2) is 35.7 Å². The number of anilines is 3. The molecule has 0 aliphatic heterocycles. The summed E-state index contributed by atoms with van der Waals surface area (Å²) in [5.74, 6) is 0.734. The van der Waals surface area contributed by atoms with E-state index in [1.54, 1.807) is 6.07 Å². The van der Waals surface area contributed by atoms with Gasteiger partial charge in [0.25, 0.3) is 0 Å². The molecule has 24 heavy (non-hydrogen) atoms. The quantitative estimate of drug-likeness (QED) is 0.671. The van der Waals surface area contributed by atoms with Crippen molar-refractivity contribution in [1.29, 1.82) is 0 Å². The molecular formula is C16H15F3N4S. The van der Waals surface area contributed by atoms with Crippen molar-refractivity contribution in [3.05, 3.63) is 41.3 Å². The molecule has 0 saturated carbocycles. The highest BCUT2D eigenvalue weighted by molar-refractivity contribution is 7.17. The zero-order valence-corrected chi connectivity index (χ0v) is 13.8. The van der Waals surface area contributed by atoms with Crippen LogP contribution in [0.2, 0.25) is 0 Å². The molecule has 2 N–H and O–H groups in total. The summed E-state index contributed by atoms with van der Waals surface area (Å²) < 4.78 is 40.2. The highest BCUT2D eigenvalue weighted by Crippen LogP contribution is 2.37. The Morgan fingerprint density at radius 2 is 1.83 bits per heavy atom. The molecule has 0 fully saturated rings. The monoisotopic (exact) mass is 352 g/mol. The molecular weight excluding hydrogens is 337 g/mol. The van der Waals surface area contributed by atoms with Crippen LogP contribution in [0.5, 0.6) is 0 Å². The van der Waals surface area contributed by atoms with Gasteiger partial charge in [-0.2, -0.15) is 18.2 Å². The molecule has 0 aliphatic rings. The van der Waals surface area contributed by atoms with E-state index in [2.05, 4.69) is 20.6 Å². The fourth-order valence-corrected chi connectivity index (χ4v) is 3.01. The molecule has 3 aromatic rings. The average molecular weight is 352 g/mol. The van der Waals surface area contributed by atoms with Crippen molar-refractivity contribution in [2.45, 2.75) is 26.1 Å². The number of rotatable bonds is 4. The van der Waals surface area contributed by atoms with Crippen molar-refractivity contribution in [2.24, 2.45) is 0 Å². The molecule has 1 aromatic carbocycles. The van der Waals surface area contributed by atoms with E-state index in [-0.39, 0.29) is 11.7 Å². The van der Waals surface area contributed by atoms with Crippen molar-refractivity contribution in [1.82, 2.24) is 9.97 Å². The maximum Gasteiger partial charge on any atom is 0.418 e. The lowest BCUT2D eigenvalue weighted by Crippen LogP contribution is -2.13. The molecule has 0 unspecified atom stereocenters. The fraction of sp³-hybridized carbons (Fsp3) is 0.250. The number of nitrogens with one attached hydrogen (secondary N) is 2. The number of hydrogen-bond acceptors (Lipinski definition) is 5. The first-order valence-electron chi connectivity index (χ1n) is 7.29. The second-order valence-electron chi connectivity index (χ2n) is 5.50. The summed E-state index contributed by atoms with van der Waals surface area (Å²) in [6, 6.07) is 7.27. The molecule has 0 saturated heterocycles. The third kappa shape index (κ3) is 3.43. The number of para-hydroxylation sites is 1. The average Bonchev–Trinajstić information content (AvgIpc) is 2.94. The summed E-state index contributed by atoms with van der Waals surface area (Å²) in [6.07, 6.45) is -4.44. The summed E-state index contributed by atoms with van der Waals surface area (Å²) in [5, 5.41) is 7.73. The number of halogens is 3. The maximum absolute atomic E-state index is 13.2. The van der Waals surface area contributed by atoms with Gasteiger partial charge < -0.3 is 10.6 Å². The molecule has 0 radical (unpaired) electrons. The summed E-state index contributed by atoms with van der Waals surface area (Å²) in [7, 11) is 0. The van der Waals surface area contributed by atoms with Crippen LogP contribution in [0, 0.1) is 0 Å². The molecule has 2 heterocycles. The molecule has 0 atom stereocenters. The van der Waals surface area contributed by atoms with Gasteiger partial charge >= 0.3 is 6.18 Å². The number of benzene rings is 1. The summed E-state index contributed by atoms with van der Waals surface area (Å²) in [5.41, 5.74) is -0.0780. The zero-order valence-electron chi connectivity index (χ0n) is 13.0. The van der Waals surface area contributed by atoms with Gasteiger partial charge in [-0.1, -0.05) is 12.1 Å². The lowest BCUT2D eigenvalue weighted by molar-refractivity contribution is -0.136. The summed E-state index contributed by atoms with van der Waals surface area (Å²) in [4.78, 5) is 8.72. The van der Waals surface area contributed by atoms with Crippen LogP contribution in [0.1, 0.15) is 19.4 Å². The Morgan fingerprint density at radius 1 is 1.08 bits per heavy atom. The molecule has 4 nitrogen and oxygen atoms in total. The van der Waals surface area contributed by atoms with Gasteiger partial charge in [-0.3, -0.25) is 0 Å². The van der Waals surface area contributed by atoms with E-state index in [9.17, 15) is 13.2 Å². The number of alkyl halides is 3. The van der Waals surface area contributed by atoms with Gasteiger partial charge in [-0.25, -0.2) is 4.98 Å². The van der Waals surface area contributed by atoms with Crippen LogP contribution in [0.4, 0.5) is 30.6 Å². The normalized spacial score (nSPS) is 11.9. The molecule has 0 bridgehead atoms. The second-order valence-corrected chi connectivity index (χ2v) is 6.41. The van der Waals surface area contributed by atoms with Gasteiger partial charge in [0, 0.05) is 6.04 Å². The van der Waals surface area contributed by atoms with E-state index in [0.717, 1.165) is 6.07 Å². The third-order valence-corrected chi connectivity index (χ3v) is 4.12. The largest absolute Gasteiger partial charge is 0.418 e. The van der Waals surface area contributed by atoms with Gasteiger partial charge in [-0.05, 0) is 37.4 Å². The SMILES string of the molecule is CC(C)Nc1nc(Nc2ccccc2C(F)(F)F)c2sccc2n1. The Morgan fingerprint density at radius 3 is 2.54 bits per heavy atom. The maximum atomic E-state index is 13.2. The fourth-order valence-electron chi connectivity index (χ4n) is 2.24. The van der Waals surface area contributed by atoms with Crippen LogP contribution in [-0.4, -0.2) is 16.0 Å². The van der Waals surface area contributed by atoms with E-state index in [4.69, 9.17) is 0 Å². The van der Waals surface area contributed by atoms with E-state index in [0.29, 0.717) is 22.0 Å². The Kier molecular flexibility index (Phi) is 4.31. The van der Waals surface area contributed by atoms with Crippen molar-refractivity contribution in [3.63, 3.8) is 0 Å². The summed E-state index contributed by atoms with van der Waals surface area (Å²) >= 11 is 1.38. The van der Waals surface area contributed by atoms with Crippen molar-refractivity contribution in [2.75, 3.05) is 10.6 Å². The van der Waals surface area contributed by atoms with Gasteiger partial charge in [0.2, 0.25) is 5.95 Å². The molecule has 8 heteroatoms. The van der Waals surface area contributed by atoms with Crippen molar-refractivity contribution < 1.29 is 13.2 Å². The lowest BCUT2D eigenvalue weighted by atomic mass is 10.1. The van der Waals surface area contributed by atoms with Crippen LogP contribution in [0.25, 0.3) is 10.2 Å². The minimum Gasteiger partial charge on any atom is -0.352 e. The lowest BCUT2D eigenvalue weighted by Gasteiger charge is -2.15. The molecule has 126 valence electrons. The van der Waals surface area contributed by atoms with E-state index >= 15 is 0 Å². The first-order chi connectivity index (χ1) is 11.3. The zero-order chi connectivity index (χ0) is 17.3. The number of nitrogens with zero attached hydrogens (tertiary/aromatic N) is 2. The van der Waals surface area contributed by atoms with Crippen LogP contribution in [-0.2, 0) is 6.18 Å². The van der Waals surface area contributed by atoms with Crippen LogP contribution < -0.4 is 10.6 Å². The van der Waals surface area contributed by atoms with Crippen molar-refractivity contribution in [3.8, 4) is 0 Å². The molecule has 2 aromatic heterocycles. The van der Waals surface area contributed by atoms with Gasteiger partial charge in [0.15, 0.2) is 5.82 Å². The Labute approximate surface area is 140 Å². The van der Waals surface area contributed by atoms with Crippen molar-refractivity contribution >= 4 is 39.0 Å². The molecule has 0 aliphatic carbocycles.